The van der Waals surface area contributed by atoms with Gasteiger partial charge in [0.2, 0.25) is 11.1 Å². The molecule has 0 spiro atoms. The summed E-state index contributed by atoms with van der Waals surface area (Å²) in [6.45, 7) is 3.30. The highest BCUT2D eigenvalue weighted by Crippen LogP contribution is 2.30. The van der Waals surface area contributed by atoms with Gasteiger partial charge < -0.3 is 9.64 Å². The topological polar surface area (TPSA) is 73.1 Å². The first kappa shape index (κ1) is 16.8. The van der Waals surface area contributed by atoms with Crippen molar-refractivity contribution in [1.82, 2.24) is 25.1 Å². The zero-order valence-electron chi connectivity index (χ0n) is 13.9. The lowest BCUT2D eigenvalue weighted by Gasteiger charge is -2.22. The number of rotatable bonds is 8. The molecule has 7 nitrogen and oxygen atoms in total. The van der Waals surface area contributed by atoms with Crippen molar-refractivity contribution in [1.29, 1.82) is 0 Å². The van der Waals surface area contributed by atoms with E-state index in [-0.39, 0.29) is 5.91 Å². The fourth-order valence-corrected chi connectivity index (χ4v) is 3.27. The number of benzene rings is 1. The maximum Gasteiger partial charge on any atom is 0.233 e. The third-order valence-electron chi connectivity index (χ3n) is 3.94. The van der Waals surface area contributed by atoms with Crippen molar-refractivity contribution < 1.29 is 9.53 Å². The normalized spacial score (nSPS) is 13.8. The number of ether oxygens (including phenoxy) is 1. The first-order valence-corrected chi connectivity index (χ1v) is 9.01. The molecule has 1 aliphatic rings. The molecule has 1 fully saturated rings. The first-order chi connectivity index (χ1) is 11.7. The van der Waals surface area contributed by atoms with Gasteiger partial charge in [-0.05, 0) is 47.9 Å². The summed E-state index contributed by atoms with van der Waals surface area (Å²) < 4.78 is 6.88. The van der Waals surface area contributed by atoms with Crippen LogP contribution < -0.4 is 4.74 Å². The molecule has 1 aromatic heterocycles. The molecule has 1 saturated carbocycles. The van der Waals surface area contributed by atoms with Crippen LogP contribution in [0.25, 0.3) is 0 Å². The van der Waals surface area contributed by atoms with Gasteiger partial charge >= 0.3 is 0 Å². The number of nitrogens with zero attached hydrogens (tertiary/aromatic N) is 5. The van der Waals surface area contributed by atoms with Gasteiger partial charge in [-0.2, -0.15) is 0 Å². The van der Waals surface area contributed by atoms with Gasteiger partial charge in [-0.1, -0.05) is 23.9 Å². The highest BCUT2D eigenvalue weighted by molar-refractivity contribution is 7.99. The van der Waals surface area contributed by atoms with Gasteiger partial charge in [0.15, 0.2) is 0 Å². The van der Waals surface area contributed by atoms with Gasteiger partial charge in [0.1, 0.15) is 5.75 Å². The lowest BCUT2D eigenvalue weighted by Crippen LogP contribution is -2.34. The average molecular weight is 347 g/mol. The van der Waals surface area contributed by atoms with Crippen LogP contribution in [0.4, 0.5) is 0 Å². The van der Waals surface area contributed by atoms with E-state index < -0.39 is 0 Å². The standard InChI is InChI=1S/C16H21N5O2S/c1-3-21-16(17-18-19-21)24-11-15(22)20(13-6-7-13)10-12-4-8-14(23-2)9-5-12/h4-5,8-9,13H,3,6-7,10-11H2,1-2H3. The van der Waals surface area contributed by atoms with Crippen molar-refractivity contribution >= 4 is 17.7 Å². The molecule has 128 valence electrons. The van der Waals surface area contributed by atoms with Crippen molar-refractivity contribution in [3.63, 3.8) is 0 Å². The fourth-order valence-electron chi connectivity index (χ4n) is 2.44. The molecule has 3 rings (SSSR count). The monoisotopic (exact) mass is 347 g/mol. The molecule has 0 bridgehead atoms. The molecule has 0 aliphatic heterocycles. The maximum absolute atomic E-state index is 12.6. The number of hydrogen-bond acceptors (Lipinski definition) is 6. The number of aromatic nitrogens is 4. The molecule has 24 heavy (non-hydrogen) atoms. The van der Waals surface area contributed by atoms with Crippen molar-refractivity contribution in [2.24, 2.45) is 0 Å². The van der Waals surface area contributed by atoms with E-state index in [9.17, 15) is 4.79 Å². The number of carbonyl (C=O) groups excluding carboxylic acids is 1. The van der Waals surface area contributed by atoms with E-state index in [1.165, 1.54) is 11.8 Å². The second kappa shape index (κ2) is 7.65. The van der Waals surface area contributed by atoms with E-state index in [4.69, 9.17) is 4.74 Å². The Morgan fingerprint density at radius 1 is 1.38 bits per heavy atom. The minimum absolute atomic E-state index is 0.129. The van der Waals surface area contributed by atoms with Crippen LogP contribution in [0.15, 0.2) is 29.4 Å². The van der Waals surface area contributed by atoms with Crippen LogP contribution in [0.5, 0.6) is 5.75 Å². The number of amides is 1. The summed E-state index contributed by atoms with van der Waals surface area (Å²) in [5.74, 6) is 1.31. The van der Waals surface area contributed by atoms with Crippen LogP contribution in [-0.4, -0.2) is 49.9 Å². The summed E-state index contributed by atoms with van der Waals surface area (Å²) in [5.41, 5.74) is 1.11. The minimum Gasteiger partial charge on any atom is -0.497 e. The second-order valence-electron chi connectivity index (χ2n) is 5.67. The van der Waals surface area contributed by atoms with Gasteiger partial charge in [-0.25, -0.2) is 4.68 Å². The van der Waals surface area contributed by atoms with Gasteiger partial charge in [-0.15, -0.1) is 5.10 Å². The Kier molecular flexibility index (Phi) is 5.34. The number of methoxy groups -OCH3 is 1. The summed E-state index contributed by atoms with van der Waals surface area (Å²) in [7, 11) is 1.65. The van der Waals surface area contributed by atoms with Crippen LogP contribution in [0, 0.1) is 0 Å². The Labute approximate surface area is 145 Å². The molecule has 1 aromatic carbocycles. The first-order valence-electron chi connectivity index (χ1n) is 8.02. The number of carbonyl (C=O) groups is 1. The quantitative estimate of drug-likeness (QED) is 0.680. The Hall–Kier alpha value is -2.09. The third kappa shape index (κ3) is 4.05. The lowest BCUT2D eigenvalue weighted by molar-refractivity contribution is -0.129. The SMILES string of the molecule is CCn1nnnc1SCC(=O)N(Cc1ccc(OC)cc1)C1CC1. The number of hydrogen-bond donors (Lipinski definition) is 0. The zero-order chi connectivity index (χ0) is 16.9. The summed E-state index contributed by atoms with van der Waals surface area (Å²) in [4.78, 5) is 14.6. The van der Waals surface area contributed by atoms with Crippen molar-refractivity contribution in [3.05, 3.63) is 29.8 Å². The molecule has 8 heteroatoms. The molecule has 0 radical (unpaired) electrons. The van der Waals surface area contributed by atoms with E-state index in [0.717, 1.165) is 24.2 Å². The van der Waals surface area contributed by atoms with Gasteiger partial charge in [-0.3, -0.25) is 4.79 Å². The van der Waals surface area contributed by atoms with Crippen LogP contribution in [0.1, 0.15) is 25.3 Å². The summed E-state index contributed by atoms with van der Waals surface area (Å²) >= 11 is 1.39. The highest BCUT2D eigenvalue weighted by atomic mass is 32.2. The highest BCUT2D eigenvalue weighted by Gasteiger charge is 2.32. The maximum atomic E-state index is 12.6. The number of tetrazole rings is 1. The Bertz CT molecular complexity index is 684. The molecule has 0 unspecified atom stereocenters. The smallest absolute Gasteiger partial charge is 0.233 e. The van der Waals surface area contributed by atoms with E-state index in [1.54, 1.807) is 11.8 Å². The molecule has 1 amide bonds. The molecule has 0 saturated heterocycles. The molecule has 0 N–H and O–H groups in total. The van der Waals surface area contributed by atoms with Crippen LogP contribution in [0.2, 0.25) is 0 Å². The number of thioether (sulfide) groups is 1. The van der Waals surface area contributed by atoms with Gasteiger partial charge in [0, 0.05) is 19.1 Å². The Balaban J connectivity index is 1.61. The van der Waals surface area contributed by atoms with E-state index in [1.807, 2.05) is 36.1 Å². The van der Waals surface area contributed by atoms with Crippen molar-refractivity contribution in [3.8, 4) is 5.75 Å². The second-order valence-corrected chi connectivity index (χ2v) is 6.61. The summed E-state index contributed by atoms with van der Waals surface area (Å²) in [5, 5.41) is 12.2. The Morgan fingerprint density at radius 2 is 2.12 bits per heavy atom. The zero-order valence-corrected chi connectivity index (χ0v) is 14.7. The predicted octanol–water partition coefficient (Wildman–Crippen LogP) is 1.98. The number of aryl methyl sites for hydroxylation is 1. The molecule has 1 aliphatic carbocycles. The molecular weight excluding hydrogens is 326 g/mol. The van der Waals surface area contributed by atoms with Crippen LogP contribution >= 0.6 is 11.8 Å². The summed E-state index contributed by atoms with van der Waals surface area (Å²) in [6.07, 6.45) is 2.17. The molecular formula is C16H21N5O2S. The Morgan fingerprint density at radius 3 is 2.75 bits per heavy atom. The molecule has 1 heterocycles. The largest absolute Gasteiger partial charge is 0.497 e. The minimum atomic E-state index is 0.129. The molecule has 0 atom stereocenters. The average Bonchev–Trinajstić information content (AvgIpc) is 3.35. The van der Waals surface area contributed by atoms with Crippen molar-refractivity contribution in [2.75, 3.05) is 12.9 Å². The fraction of sp³-hybridized carbons (Fsp3) is 0.500. The van der Waals surface area contributed by atoms with Crippen LogP contribution in [0.3, 0.4) is 0 Å². The lowest BCUT2D eigenvalue weighted by atomic mass is 10.2. The van der Waals surface area contributed by atoms with E-state index in [0.29, 0.717) is 30.0 Å². The molecule has 2 aromatic rings. The van der Waals surface area contributed by atoms with Crippen LogP contribution in [-0.2, 0) is 17.9 Å². The van der Waals surface area contributed by atoms with Crippen molar-refractivity contribution in [2.45, 2.75) is 44.1 Å². The van der Waals surface area contributed by atoms with E-state index >= 15 is 0 Å². The third-order valence-corrected chi connectivity index (χ3v) is 4.89. The van der Waals surface area contributed by atoms with Gasteiger partial charge in [0.25, 0.3) is 0 Å². The van der Waals surface area contributed by atoms with E-state index in [2.05, 4.69) is 15.5 Å². The summed E-state index contributed by atoms with van der Waals surface area (Å²) in [6, 6.07) is 8.23. The predicted molar refractivity (Wildman–Crippen MR) is 90.8 cm³/mol. The van der Waals surface area contributed by atoms with Gasteiger partial charge in [0.05, 0.1) is 12.9 Å².